The van der Waals surface area contributed by atoms with E-state index in [1.807, 2.05) is 6.92 Å². The van der Waals surface area contributed by atoms with Crippen molar-refractivity contribution in [1.82, 2.24) is 14.7 Å². The highest BCUT2D eigenvalue weighted by atomic mass is 35.5. The van der Waals surface area contributed by atoms with Crippen LogP contribution in [0.15, 0.2) is 0 Å². The molecule has 0 spiro atoms. The molecule has 6 nitrogen and oxygen atoms in total. The minimum atomic E-state index is -0.745. The first-order valence-corrected chi connectivity index (χ1v) is 6.86. The normalized spacial score (nSPS) is 11.8. The van der Waals surface area contributed by atoms with Crippen LogP contribution in [0.3, 0.4) is 0 Å². The topological polar surface area (TPSA) is 78.6 Å². The molecule has 0 aliphatic carbocycles. The summed E-state index contributed by atoms with van der Waals surface area (Å²) in [4.78, 5) is 13.9. The summed E-state index contributed by atoms with van der Waals surface area (Å²) in [6.07, 6.45) is 0.604. The lowest BCUT2D eigenvalue weighted by Crippen LogP contribution is -2.41. The van der Waals surface area contributed by atoms with Gasteiger partial charge in [0.15, 0.2) is 0 Å². The highest BCUT2D eigenvalue weighted by Gasteiger charge is 2.29. The maximum Gasteiger partial charge on any atom is 0.258 e. The van der Waals surface area contributed by atoms with Crippen molar-refractivity contribution in [1.29, 1.82) is 0 Å². The maximum absolute atomic E-state index is 12.5. The van der Waals surface area contributed by atoms with E-state index in [0.29, 0.717) is 22.8 Å². The standard InChI is InChI=1S/C13H22ClN3O3/c1-5-9-10(11(14)17(4)15-9)12(20)16(3)6-13(2,7-18)8-19/h18-19H,5-8H2,1-4H3. The largest absolute Gasteiger partial charge is 0.396 e. The second-order valence-electron chi connectivity index (χ2n) is 5.38. The number of hydrogen-bond donors (Lipinski definition) is 2. The van der Waals surface area contributed by atoms with E-state index in [2.05, 4.69) is 5.10 Å². The number of nitrogens with zero attached hydrogens (tertiary/aromatic N) is 3. The highest BCUT2D eigenvalue weighted by molar-refractivity contribution is 6.33. The average molecular weight is 304 g/mol. The zero-order valence-corrected chi connectivity index (χ0v) is 13.1. The summed E-state index contributed by atoms with van der Waals surface area (Å²) in [6, 6.07) is 0. The molecule has 0 bridgehead atoms. The van der Waals surface area contributed by atoms with Crippen LogP contribution in [0.2, 0.25) is 5.15 Å². The van der Waals surface area contributed by atoms with Gasteiger partial charge in [0, 0.05) is 26.1 Å². The van der Waals surface area contributed by atoms with E-state index in [0.717, 1.165) is 0 Å². The zero-order valence-electron chi connectivity index (χ0n) is 12.4. The molecule has 0 fully saturated rings. The Balaban J connectivity index is 3.01. The fraction of sp³-hybridized carbons (Fsp3) is 0.692. The SMILES string of the molecule is CCc1nn(C)c(Cl)c1C(=O)N(C)CC(C)(CO)CO. The van der Waals surface area contributed by atoms with Crippen LogP contribution in [0, 0.1) is 5.41 Å². The number of amides is 1. The van der Waals surface area contributed by atoms with Crippen LogP contribution in [0.1, 0.15) is 29.9 Å². The Kier molecular flexibility index (Phi) is 5.56. The summed E-state index contributed by atoms with van der Waals surface area (Å²) in [5.74, 6) is -0.256. The molecule has 0 unspecified atom stereocenters. The second kappa shape index (κ2) is 6.56. The zero-order chi connectivity index (χ0) is 15.5. The first kappa shape index (κ1) is 16.9. The van der Waals surface area contributed by atoms with Crippen molar-refractivity contribution < 1.29 is 15.0 Å². The molecule has 0 saturated heterocycles. The number of aryl methyl sites for hydroxylation is 2. The molecule has 20 heavy (non-hydrogen) atoms. The quantitative estimate of drug-likeness (QED) is 0.811. The van der Waals surface area contributed by atoms with Gasteiger partial charge in [-0.15, -0.1) is 0 Å². The lowest BCUT2D eigenvalue weighted by atomic mass is 9.92. The smallest absolute Gasteiger partial charge is 0.258 e. The molecule has 1 aromatic rings. The Labute approximate surface area is 124 Å². The van der Waals surface area contributed by atoms with Crippen molar-refractivity contribution in [3.63, 3.8) is 0 Å². The Morgan fingerprint density at radius 3 is 2.45 bits per heavy atom. The van der Waals surface area contributed by atoms with Crippen LogP contribution in [0.4, 0.5) is 0 Å². The van der Waals surface area contributed by atoms with Gasteiger partial charge >= 0.3 is 0 Å². The molecule has 0 aliphatic rings. The van der Waals surface area contributed by atoms with Gasteiger partial charge in [-0.2, -0.15) is 5.10 Å². The van der Waals surface area contributed by atoms with E-state index in [-0.39, 0.29) is 25.7 Å². The summed E-state index contributed by atoms with van der Waals surface area (Å²) < 4.78 is 1.47. The minimum Gasteiger partial charge on any atom is -0.396 e. The van der Waals surface area contributed by atoms with Crippen LogP contribution in [-0.4, -0.2) is 57.6 Å². The molecule has 1 heterocycles. The number of hydrogen-bond acceptors (Lipinski definition) is 4. The van der Waals surface area contributed by atoms with Crippen molar-refractivity contribution in [2.75, 3.05) is 26.8 Å². The van der Waals surface area contributed by atoms with Crippen LogP contribution in [-0.2, 0) is 13.5 Å². The maximum atomic E-state index is 12.5. The molecular formula is C13H22ClN3O3. The van der Waals surface area contributed by atoms with E-state index in [9.17, 15) is 15.0 Å². The molecule has 2 N–H and O–H groups in total. The van der Waals surface area contributed by atoms with Crippen molar-refractivity contribution >= 4 is 17.5 Å². The van der Waals surface area contributed by atoms with Crippen molar-refractivity contribution in [2.45, 2.75) is 20.3 Å². The molecular weight excluding hydrogens is 282 g/mol. The lowest BCUT2D eigenvalue weighted by molar-refractivity contribution is 0.0366. The van der Waals surface area contributed by atoms with Gasteiger partial charge in [0.1, 0.15) is 5.15 Å². The van der Waals surface area contributed by atoms with Gasteiger partial charge in [0.25, 0.3) is 5.91 Å². The Morgan fingerprint density at radius 1 is 1.45 bits per heavy atom. The molecule has 0 saturated carbocycles. The number of aromatic nitrogens is 2. The van der Waals surface area contributed by atoms with E-state index >= 15 is 0 Å². The van der Waals surface area contributed by atoms with Crippen LogP contribution in [0.25, 0.3) is 0 Å². The predicted molar refractivity (Wildman–Crippen MR) is 76.8 cm³/mol. The molecule has 0 aromatic carbocycles. The first-order valence-electron chi connectivity index (χ1n) is 6.48. The van der Waals surface area contributed by atoms with E-state index in [1.54, 1.807) is 21.0 Å². The van der Waals surface area contributed by atoms with Crippen molar-refractivity contribution in [3.8, 4) is 0 Å². The number of aliphatic hydroxyl groups excluding tert-OH is 2. The molecule has 0 radical (unpaired) electrons. The molecule has 1 amide bonds. The summed E-state index contributed by atoms with van der Waals surface area (Å²) in [5.41, 5.74) is 0.285. The van der Waals surface area contributed by atoms with E-state index in [4.69, 9.17) is 11.6 Å². The Morgan fingerprint density at radius 2 is 2.00 bits per heavy atom. The molecule has 0 aliphatic heterocycles. The lowest BCUT2D eigenvalue weighted by Gasteiger charge is -2.30. The molecule has 1 aromatic heterocycles. The van der Waals surface area contributed by atoms with Crippen LogP contribution < -0.4 is 0 Å². The number of carbonyl (C=O) groups excluding carboxylic acids is 1. The fourth-order valence-corrected chi connectivity index (χ4v) is 2.23. The fourth-order valence-electron chi connectivity index (χ4n) is 2.00. The van der Waals surface area contributed by atoms with Gasteiger partial charge in [-0.25, -0.2) is 0 Å². The Bertz CT molecular complexity index is 483. The monoisotopic (exact) mass is 303 g/mol. The molecule has 1 rings (SSSR count). The van der Waals surface area contributed by atoms with Gasteiger partial charge in [-0.3, -0.25) is 9.48 Å². The van der Waals surface area contributed by atoms with Gasteiger partial charge < -0.3 is 15.1 Å². The van der Waals surface area contributed by atoms with Crippen molar-refractivity contribution in [3.05, 3.63) is 16.4 Å². The second-order valence-corrected chi connectivity index (χ2v) is 5.74. The summed E-state index contributed by atoms with van der Waals surface area (Å²) in [5, 5.41) is 23.1. The minimum absolute atomic E-state index is 0.206. The number of rotatable bonds is 6. The van der Waals surface area contributed by atoms with Gasteiger partial charge in [0.2, 0.25) is 0 Å². The number of aliphatic hydroxyl groups is 2. The van der Waals surface area contributed by atoms with Crippen molar-refractivity contribution in [2.24, 2.45) is 12.5 Å². The predicted octanol–water partition coefficient (Wildman–Crippen LogP) is 0.699. The van der Waals surface area contributed by atoms with E-state index in [1.165, 1.54) is 9.58 Å². The van der Waals surface area contributed by atoms with Gasteiger partial charge in [-0.1, -0.05) is 25.4 Å². The summed E-state index contributed by atoms with van der Waals surface area (Å²) in [6.45, 7) is 3.43. The number of carbonyl (C=O) groups is 1. The van der Waals surface area contributed by atoms with Gasteiger partial charge in [0.05, 0.1) is 24.5 Å². The highest BCUT2D eigenvalue weighted by Crippen LogP contribution is 2.23. The third-order valence-electron chi connectivity index (χ3n) is 3.33. The third kappa shape index (κ3) is 3.31. The molecule has 114 valence electrons. The van der Waals surface area contributed by atoms with Crippen LogP contribution >= 0.6 is 11.6 Å². The third-order valence-corrected chi connectivity index (χ3v) is 3.76. The summed E-state index contributed by atoms with van der Waals surface area (Å²) >= 11 is 6.12. The summed E-state index contributed by atoms with van der Waals surface area (Å²) in [7, 11) is 3.30. The Hall–Kier alpha value is -1.11. The average Bonchev–Trinajstić information content (AvgIpc) is 2.73. The van der Waals surface area contributed by atoms with E-state index < -0.39 is 5.41 Å². The molecule has 0 atom stereocenters. The first-order chi connectivity index (χ1) is 9.29. The number of halogens is 1. The van der Waals surface area contributed by atoms with Gasteiger partial charge in [-0.05, 0) is 6.42 Å². The molecule has 7 heteroatoms. The van der Waals surface area contributed by atoms with Crippen LogP contribution in [0.5, 0.6) is 0 Å².